The molecule has 0 aliphatic heterocycles. The molecule has 0 aliphatic carbocycles. The SMILES string of the molecule is CCCCCCCCCCCC=CCCCCC=O. The molecule has 1 nitrogen and oxygen atoms in total. The highest BCUT2D eigenvalue weighted by Gasteiger charge is 1.91. The fourth-order valence-corrected chi connectivity index (χ4v) is 2.30. The zero-order valence-corrected chi connectivity index (χ0v) is 13.0. The van der Waals surface area contributed by atoms with E-state index in [0.29, 0.717) is 0 Å². The largest absolute Gasteiger partial charge is 0.303 e. The molecule has 0 unspecified atom stereocenters. The number of carbonyl (C=O) groups is 1. The molecule has 0 aromatic rings. The Bertz CT molecular complexity index is 196. The molecule has 0 saturated carbocycles. The van der Waals surface area contributed by atoms with Crippen LogP contribution in [-0.4, -0.2) is 6.29 Å². The molecule has 112 valence electrons. The lowest BCUT2D eigenvalue weighted by Gasteiger charge is -2.00. The van der Waals surface area contributed by atoms with Crippen molar-refractivity contribution >= 4 is 6.29 Å². The number of unbranched alkanes of at least 4 members (excludes halogenated alkanes) is 12. The van der Waals surface area contributed by atoms with Crippen molar-refractivity contribution in [1.29, 1.82) is 0 Å². The zero-order chi connectivity index (χ0) is 14.0. The molecule has 19 heavy (non-hydrogen) atoms. The van der Waals surface area contributed by atoms with Crippen LogP contribution in [0.3, 0.4) is 0 Å². The lowest BCUT2D eigenvalue weighted by Crippen LogP contribution is -1.81. The van der Waals surface area contributed by atoms with Crippen LogP contribution in [0.5, 0.6) is 0 Å². The summed E-state index contributed by atoms with van der Waals surface area (Å²) in [6, 6.07) is 0. The average molecular weight is 266 g/mol. The van der Waals surface area contributed by atoms with Crippen LogP contribution in [0.1, 0.15) is 96.8 Å². The van der Waals surface area contributed by atoms with Crippen LogP contribution in [0.25, 0.3) is 0 Å². The van der Waals surface area contributed by atoms with Gasteiger partial charge in [0.25, 0.3) is 0 Å². The van der Waals surface area contributed by atoms with Crippen LogP contribution in [0.15, 0.2) is 12.2 Å². The van der Waals surface area contributed by atoms with Crippen molar-refractivity contribution in [3.8, 4) is 0 Å². The zero-order valence-electron chi connectivity index (χ0n) is 13.0. The van der Waals surface area contributed by atoms with E-state index in [1.807, 2.05) is 0 Å². The van der Waals surface area contributed by atoms with Gasteiger partial charge in [-0.1, -0.05) is 70.4 Å². The van der Waals surface area contributed by atoms with E-state index in [9.17, 15) is 4.79 Å². The molecule has 0 aromatic heterocycles. The first-order valence-corrected chi connectivity index (χ1v) is 8.50. The predicted octanol–water partition coefficient (Wildman–Crippen LogP) is 6.22. The number of hydrogen-bond donors (Lipinski definition) is 0. The fraction of sp³-hybridized carbons (Fsp3) is 0.833. The van der Waals surface area contributed by atoms with Crippen molar-refractivity contribution in [2.24, 2.45) is 0 Å². The van der Waals surface area contributed by atoms with Gasteiger partial charge < -0.3 is 4.79 Å². The summed E-state index contributed by atoms with van der Waals surface area (Å²) in [7, 11) is 0. The molecule has 0 N–H and O–H groups in total. The third-order valence-electron chi connectivity index (χ3n) is 3.58. The monoisotopic (exact) mass is 266 g/mol. The third kappa shape index (κ3) is 17.4. The van der Waals surface area contributed by atoms with E-state index in [4.69, 9.17) is 0 Å². The van der Waals surface area contributed by atoms with Crippen LogP contribution in [0.2, 0.25) is 0 Å². The third-order valence-corrected chi connectivity index (χ3v) is 3.58. The summed E-state index contributed by atoms with van der Waals surface area (Å²) in [4.78, 5) is 10.1. The summed E-state index contributed by atoms with van der Waals surface area (Å²) in [6.07, 6.45) is 23.6. The van der Waals surface area contributed by atoms with Crippen LogP contribution >= 0.6 is 0 Å². The van der Waals surface area contributed by atoms with Gasteiger partial charge in [-0.2, -0.15) is 0 Å². The van der Waals surface area contributed by atoms with E-state index in [1.54, 1.807) is 0 Å². The van der Waals surface area contributed by atoms with E-state index < -0.39 is 0 Å². The predicted molar refractivity (Wildman–Crippen MR) is 85.5 cm³/mol. The molecule has 0 radical (unpaired) electrons. The van der Waals surface area contributed by atoms with Gasteiger partial charge in [-0.05, 0) is 32.1 Å². The number of rotatable bonds is 15. The molecule has 0 rings (SSSR count). The highest BCUT2D eigenvalue weighted by Crippen LogP contribution is 2.10. The summed E-state index contributed by atoms with van der Waals surface area (Å²) in [6.45, 7) is 2.27. The van der Waals surface area contributed by atoms with Crippen molar-refractivity contribution in [3.63, 3.8) is 0 Å². The minimum Gasteiger partial charge on any atom is -0.303 e. The van der Waals surface area contributed by atoms with E-state index in [2.05, 4.69) is 19.1 Å². The number of aldehydes is 1. The van der Waals surface area contributed by atoms with Gasteiger partial charge in [0, 0.05) is 6.42 Å². The summed E-state index contributed by atoms with van der Waals surface area (Å²) < 4.78 is 0. The summed E-state index contributed by atoms with van der Waals surface area (Å²) >= 11 is 0. The van der Waals surface area contributed by atoms with Gasteiger partial charge in [0.15, 0.2) is 0 Å². The smallest absolute Gasteiger partial charge is 0.119 e. The van der Waals surface area contributed by atoms with Crippen LogP contribution in [-0.2, 0) is 4.79 Å². The first-order valence-electron chi connectivity index (χ1n) is 8.50. The molecule has 1 heteroatoms. The van der Waals surface area contributed by atoms with Crippen LogP contribution in [0, 0.1) is 0 Å². The molecule has 0 atom stereocenters. The Hall–Kier alpha value is -0.590. The number of allylic oxidation sites excluding steroid dienone is 2. The van der Waals surface area contributed by atoms with Crippen molar-refractivity contribution in [1.82, 2.24) is 0 Å². The maximum atomic E-state index is 10.1. The van der Waals surface area contributed by atoms with E-state index in [-0.39, 0.29) is 0 Å². The fourth-order valence-electron chi connectivity index (χ4n) is 2.30. The molecular weight excluding hydrogens is 232 g/mol. The Morgan fingerprint density at radius 1 is 0.579 bits per heavy atom. The lowest BCUT2D eigenvalue weighted by molar-refractivity contribution is -0.107. The molecule has 0 heterocycles. The van der Waals surface area contributed by atoms with Gasteiger partial charge in [0.1, 0.15) is 6.29 Å². The molecular formula is C18H34O. The maximum Gasteiger partial charge on any atom is 0.119 e. The van der Waals surface area contributed by atoms with Gasteiger partial charge in [-0.3, -0.25) is 0 Å². The topological polar surface area (TPSA) is 17.1 Å². The van der Waals surface area contributed by atoms with E-state index in [1.165, 1.54) is 64.2 Å². The Morgan fingerprint density at radius 2 is 1.00 bits per heavy atom. The normalized spacial score (nSPS) is 11.2. The number of carbonyl (C=O) groups excluding carboxylic acids is 1. The van der Waals surface area contributed by atoms with Gasteiger partial charge >= 0.3 is 0 Å². The first kappa shape index (κ1) is 18.4. The standard InChI is InChI=1S/C18H34O/c1-2-3-4-5-6-7-8-9-10-11-12-13-14-15-16-17-18-19/h12-13,18H,2-11,14-17H2,1H3. The maximum absolute atomic E-state index is 10.1. The van der Waals surface area contributed by atoms with Crippen molar-refractivity contribution in [3.05, 3.63) is 12.2 Å². The molecule has 0 aliphatic rings. The van der Waals surface area contributed by atoms with Gasteiger partial charge in [0.05, 0.1) is 0 Å². The van der Waals surface area contributed by atoms with Crippen LogP contribution in [0.4, 0.5) is 0 Å². The highest BCUT2D eigenvalue weighted by atomic mass is 16.1. The van der Waals surface area contributed by atoms with E-state index >= 15 is 0 Å². The Balaban J connectivity index is 3.01. The molecule has 0 aromatic carbocycles. The average Bonchev–Trinajstić information content (AvgIpc) is 2.43. The second-order valence-electron chi connectivity index (χ2n) is 5.54. The van der Waals surface area contributed by atoms with E-state index in [0.717, 1.165) is 32.0 Å². The quantitative estimate of drug-likeness (QED) is 0.195. The van der Waals surface area contributed by atoms with Gasteiger partial charge in [0.2, 0.25) is 0 Å². The minimum absolute atomic E-state index is 0.728. The van der Waals surface area contributed by atoms with Gasteiger partial charge in [-0.25, -0.2) is 0 Å². The van der Waals surface area contributed by atoms with Crippen LogP contribution < -0.4 is 0 Å². The Labute approximate surface area is 120 Å². The Morgan fingerprint density at radius 3 is 1.53 bits per heavy atom. The van der Waals surface area contributed by atoms with Crippen molar-refractivity contribution < 1.29 is 4.79 Å². The Kier molecular flexibility index (Phi) is 16.9. The lowest BCUT2D eigenvalue weighted by atomic mass is 10.1. The van der Waals surface area contributed by atoms with Crippen molar-refractivity contribution in [2.75, 3.05) is 0 Å². The molecule has 0 saturated heterocycles. The molecule has 0 bridgehead atoms. The summed E-state index contributed by atoms with van der Waals surface area (Å²) in [5.74, 6) is 0. The minimum atomic E-state index is 0.728. The second kappa shape index (κ2) is 17.4. The molecule has 0 fully saturated rings. The summed E-state index contributed by atoms with van der Waals surface area (Å²) in [5.41, 5.74) is 0. The number of hydrogen-bond acceptors (Lipinski definition) is 1. The van der Waals surface area contributed by atoms with Gasteiger partial charge in [-0.15, -0.1) is 0 Å². The summed E-state index contributed by atoms with van der Waals surface area (Å²) in [5, 5.41) is 0. The molecule has 0 amide bonds. The second-order valence-corrected chi connectivity index (χ2v) is 5.54. The first-order chi connectivity index (χ1) is 9.41. The van der Waals surface area contributed by atoms with Crippen molar-refractivity contribution in [2.45, 2.75) is 96.8 Å². The highest BCUT2D eigenvalue weighted by molar-refractivity contribution is 5.48. The molecule has 0 spiro atoms.